The van der Waals surface area contributed by atoms with Crippen molar-refractivity contribution in [2.24, 2.45) is 5.73 Å². The summed E-state index contributed by atoms with van der Waals surface area (Å²) in [6.45, 7) is 0.397. The monoisotopic (exact) mass is 237 g/mol. The Labute approximate surface area is 97.5 Å². The number of rotatable bonds is 4. The molecule has 0 aliphatic carbocycles. The zero-order valence-electron chi connectivity index (χ0n) is 8.60. The van der Waals surface area contributed by atoms with Gasteiger partial charge < -0.3 is 10.5 Å². The van der Waals surface area contributed by atoms with Crippen LogP contribution in [0.5, 0.6) is 5.75 Å². The molecule has 0 aliphatic heterocycles. The SMILES string of the molecule is NCC(Oc1ccc(F)cc1)c1ccsc1. The Balaban J connectivity index is 2.10. The molecule has 1 aromatic heterocycles. The summed E-state index contributed by atoms with van der Waals surface area (Å²) >= 11 is 1.60. The van der Waals surface area contributed by atoms with E-state index in [2.05, 4.69) is 0 Å². The van der Waals surface area contributed by atoms with E-state index in [0.717, 1.165) is 5.56 Å². The molecule has 0 saturated carbocycles. The molecule has 1 aromatic carbocycles. The molecule has 0 aliphatic rings. The van der Waals surface area contributed by atoms with Crippen LogP contribution in [-0.4, -0.2) is 6.54 Å². The maximum absolute atomic E-state index is 12.7. The number of ether oxygens (including phenoxy) is 1. The Morgan fingerprint density at radius 2 is 2.00 bits per heavy atom. The largest absolute Gasteiger partial charge is 0.484 e. The van der Waals surface area contributed by atoms with Gasteiger partial charge >= 0.3 is 0 Å². The highest BCUT2D eigenvalue weighted by atomic mass is 32.1. The van der Waals surface area contributed by atoms with E-state index in [1.165, 1.54) is 12.1 Å². The van der Waals surface area contributed by atoms with E-state index in [0.29, 0.717) is 12.3 Å². The van der Waals surface area contributed by atoms with Gasteiger partial charge in [0.25, 0.3) is 0 Å². The van der Waals surface area contributed by atoms with Gasteiger partial charge in [0.15, 0.2) is 0 Å². The fourth-order valence-corrected chi connectivity index (χ4v) is 2.09. The zero-order chi connectivity index (χ0) is 11.4. The molecule has 0 radical (unpaired) electrons. The second-order valence-electron chi connectivity index (χ2n) is 3.35. The molecule has 0 saturated heterocycles. The van der Waals surface area contributed by atoms with Gasteiger partial charge in [0.1, 0.15) is 17.7 Å². The van der Waals surface area contributed by atoms with Crippen LogP contribution < -0.4 is 10.5 Å². The van der Waals surface area contributed by atoms with Crippen molar-refractivity contribution in [2.75, 3.05) is 6.54 Å². The van der Waals surface area contributed by atoms with Crippen LogP contribution in [0.4, 0.5) is 4.39 Å². The maximum atomic E-state index is 12.7. The highest BCUT2D eigenvalue weighted by Gasteiger charge is 2.11. The summed E-state index contributed by atoms with van der Waals surface area (Å²) in [5.74, 6) is 0.357. The molecule has 4 heteroatoms. The van der Waals surface area contributed by atoms with Crippen molar-refractivity contribution < 1.29 is 9.13 Å². The second-order valence-corrected chi connectivity index (χ2v) is 4.13. The van der Waals surface area contributed by atoms with Gasteiger partial charge in [0.05, 0.1) is 0 Å². The minimum atomic E-state index is -0.271. The number of nitrogens with two attached hydrogens (primary N) is 1. The van der Waals surface area contributed by atoms with E-state index in [1.54, 1.807) is 23.5 Å². The third kappa shape index (κ3) is 2.59. The van der Waals surface area contributed by atoms with Crippen LogP contribution in [0.1, 0.15) is 11.7 Å². The summed E-state index contributed by atoms with van der Waals surface area (Å²) in [6, 6.07) is 7.92. The molecule has 2 nitrogen and oxygen atoms in total. The van der Waals surface area contributed by atoms with Gasteiger partial charge in [0, 0.05) is 12.1 Å². The Bertz CT molecular complexity index is 427. The summed E-state index contributed by atoms with van der Waals surface area (Å²) in [5.41, 5.74) is 6.70. The highest BCUT2D eigenvalue weighted by Crippen LogP contribution is 2.23. The predicted molar refractivity (Wildman–Crippen MR) is 63.1 cm³/mol. The van der Waals surface area contributed by atoms with Crippen molar-refractivity contribution in [3.05, 3.63) is 52.5 Å². The summed E-state index contributed by atoms with van der Waals surface area (Å²) in [6.07, 6.45) is -0.170. The molecule has 0 bridgehead atoms. The molecule has 2 N–H and O–H groups in total. The van der Waals surface area contributed by atoms with Gasteiger partial charge in [0.2, 0.25) is 0 Å². The molecule has 2 rings (SSSR count). The lowest BCUT2D eigenvalue weighted by molar-refractivity contribution is 0.214. The third-order valence-electron chi connectivity index (χ3n) is 2.22. The Morgan fingerprint density at radius 3 is 2.56 bits per heavy atom. The maximum Gasteiger partial charge on any atom is 0.137 e. The Kier molecular flexibility index (Phi) is 3.54. The van der Waals surface area contributed by atoms with E-state index in [1.807, 2.05) is 16.8 Å². The average molecular weight is 237 g/mol. The van der Waals surface area contributed by atoms with Crippen molar-refractivity contribution >= 4 is 11.3 Å². The summed E-state index contributed by atoms with van der Waals surface area (Å²) in [7, 11) is 0. The first-order valence-electron chi connectivity index (χ1n) is 4.94. The van der Waals surface area contributed by atoms with E-state index in [9.17, 15) is 4.39 Å². The number of halogens is 1. The molecule has 0 spiro atoms. The molecule has 2 aromatic rings. The highest BCUT2D eigenvalue weighted by molar-refractivity contribution is 7.07. The van der Waals surface area contributed by atoms with Crippen LogP contribution in [0.3, 0.4) is 0 Å². The lowest BCUT2D eigenvalue weighted by Crippen LogP contribution is -2.17. The summed E-state index contributed by atoms with van der Waals surface area (Å²) in [4.78, 5) is 0. The fraction of sp³-hybridized carbons (Fsp3) is 0.167. The standard InChI is InChI=1S/C12H12FNOS/c13-10-1-3-11(4-2-10)15-12(7-14)9-5-6-16-8-9/h1-6,8,12H,7,14H2. The minimum absolute atomic E-state index is 0.170. The zero-order valence-corrected chi connectivity index (χ0v) is 9.41. The second kappa shape index (κ2) is 5.09. The van der Waals surface area contributed by atoms with Crippen LogP contribution >= 0.6 is 11.3 Å². The molecule has 16 heavy (non-hydrogen) atoms. The van der Waals surface area contributed by atoms with Crippen molar-refractivity contribution in [1.29, 1.82) is 0 Å². The first-order valence-corrected chi connectivity index (χ1v) is 5.88. The average Bonchev–Trinajstić information content (AvgIpc) is 2.82. The van der Waals surface area contributed by atoms with Crippen LogP contribution in [0.25, 0.3) is 0 Å². The third-order valence-corrected chi connectivity index (χ3v) is 2.92. The number of benzene rings is 1. The first-order chi connectivity index (χ1) is 7.79. The van der Waals surface area contributed by atoms with E-state index in [4.69, 9.17) is 10.5 Å². The van der Waals surface area contributed by atoms with Crippen LogP contribution in [0.2, 0.25) is 0 Å². The minimum Gasteiger partial charge on any atom is -0.484 e. The van der Waals surface area contributed by atoms with Gasteiger partial charge in [-0.1, -0.05) is 0 Å². The van der Waals surface area contributed by atoms with Crippen molar-refractivity contribution in [3.8, 4) is 5.75 Å². The van der Waals surface area contributed by atoms with Crippen molar-refractivity contribution in [2.45, 2.75) is 6.10 Å². The van der Waals surface area contributed by atoms with Gasteiger partial charge in [-0.25, -0.2) is 4.39 Å². The first kappa shape index (κ1) is 11.1. The molecule has 84 valence electrons. The van der Waals surface area contributed by atoms with Crippen LogP contribution in [-0.2, 0) is 0 Å². The van der Waals surface area contributed by atoms with Gasteiger partial charge in [-0.3, -0.25) is 0 Å². The normalized spacial score (nSPS) is 12.4. The van der Waals surface area contributed by atoms with Crippen molar-refractivity contribution in [3.63, 3.8) is 0 Å². The Morgan fingerprint density at radius 1 is 1.25 bits per heavy atom. The number of thiophene rings is 1. The molecule has 1 atom stereocenters. The smallest absolute Gasteiger partial charge is 0.137 e. The van der Waals surface area contributed by atoms with Gasteiger partial charge in [-0.15, -0.1) is 0 Å². The molecular formula is C12H12FNOS. The molecule has 0 fully saturated rings. The summed E-state index contributed by atoms with van der Waals surface area (Å²) in [5, 5.41) is 3.98. The quantitative estimate of drug-likeness (QED) is 0.887. The van der Waals surface area contributed by atoms with Crippen LogP contribution in [0.15, 0.2) is 41.1 Å². The number of hydrogen-bond donors (Lipinski definition) is 1. The topological polar surface area (TPSA) is 35.2 Å². The van der Waals surface area contributed by atoms with E-state index in [-0.39, 0.29) is 11.9 Å². The van der Waals surface area contributed by atoms with Gasteiger partial charge in [-0.2, -0.15) is 11.3 Å². The molecule has 0 amide bonds. The number of hydrogen-bond acceptors (Lipinski definition) is 3. The predicted octanol–water partition coefficient (Wildman–Crippen LogP) is 2.97. The van der Waals surface area contributed by atoms with E-state index < -0.39 is 0 Å². The molecule has 1 unspecified atom stereocenters. The van der Waals surface area contributed by atoms with Crippen molar-refractivity contribution in [1.82, 2.24) is 0 Å². The molecule has 1 heterocycles. The Hall–Kier alpha value is -1.39. The summed E-state index contributed by atoms with van der Waals surface area (Å²) < 4.78 is 18.4. The fourth-order valence-electron chi connectivity index (χ4n) is 1.39. The van der Waals surface area contributed by atoms with E-state index >= 15 is 0 Å². The van der Waals surface area contributed by atoms with Gasteiger partial charge in [-0.05, 0) is 41.1 Å². The molecular weight excluding hydrogens is 225 g/mol. The van der Waals surface area contributed by atoms with Crippen LogP contribution in [0, 0.1) is 5.82 Å². The lowest BCUT2D eigenvalue weighted by Gasteiger charge is -2.16. The lowest BCUT2D eigenvalue weighted by atomic mass is 10.2.